The van der Waals surface area contributed by atoms with Crippen LogP contribution < -0.4 is 0 Å². The molecule has 1 aromatic heterocycles. The number of sulfonamides is 1. The summed E-state index contributed by atoms with van der Waals surface area (Å²) in [5, 5.41) is 2.30. The van der Waals surface area contributed by atoms with Gasteiger partial charge in [0.05, 0.1) is 4.90 Å². The summed E-state index contributed by atoms with van der Waals surface area (Å²) in [7, 11) is -3.71. The zero-order valence-corrected chi connectivity index (χ0v) is 21.9. The van der Waals surface area contributed by atoms with E-state index in [2.05, 4.69) is 4.98 Å². The van der Waals surface area contributed by atoms with Gasteiger partial charge < -0.3 is 4.90 Å². The molecule has 1 amide bonds. The Morgan fingerprint density at radius 1 is 0.889 bits per heavy atom. The minimum absolute atomic E-state index is 0. The van der Waals surface area contributed by atoms with E-state index < -0.39 is 10.0 Å². The van der Waals surface area contributed by atoms with Crippen molar-refractivity contribution >= 4 is 50.7 Å². The standard InChI is InChI=1S/C27H24ClN3O3S.ClH/c1-19-18-30(27(32)22-4-2-20(3-5-22)21-10-12-29-13-11-21)14-15-31(19)35(33,34)26-9-7-23-16-25(28)8-6-24(23)17-26;/h2-13,16-17,19H,14-15,18H2,1H3;1H. The van der Waals surface area contributed by atoms with Crippen molar-refractivity contribution in [3.05, 3.63) is 95.8 Å². The third-order valence-electron chi connectivity index (χ3n) is 6.38. The smallest absolute Gasteiger partial charge is 0.253 e. The predicted molar refractivity (Wildman–Crippen MR) is 145 cm³/mol. The van der Waals surface area contributed by atoms with Crippen LogP contribution in [0.15, 0.2) is 90.1 Å². The lowest BCUT2D eigenvalue weighted by molar-refractivity contribution is 0.0642. The molecule has 6 nitrogen and oxygen atoms in total. The summed E-state index contributed by atoms with van der Waals surface area (Å²) in [6, 6.07) is 21.4. The van der Waals surface area contributed by atoms with Crippen LogP contribution in [0.5, 0.6) is 0 Å². The van der Waals surface area contributed by atoms with Crippen LogP contribution in [0.2, 0.25) is 5.02 Å². The van der Waals surface area contributed by atoms with Crippen molar-refractivity contribution in [3.8, 4) is 11.1 Å². The highest BCUT2D eigenvalue weighted by atomic mass is 35.5. The largest absolute Gasteiger partial charge is 0.336 e. The number of halogens is 2. The molecule has 0 spiro atoms. The van der Waals surface area contributed by atoms with Gasteiger partial charge in [0.2, 0.25) is 10.0 Å². The van der Waals surface area contributed by atoms with Gasteiger partial charge in [-0.1, -0.05) is 35.9 Å². The maximum atomic E-state index is 13.4. The highest BCUT2D eigenvalue weighted by Gasteiger charge is 2.35. The number of nitrogens with zero attached hydrogens (tertiary/aromatic N) is 3. The predicted octanol–water partition coefficient (Wildman–Crippen LogP) is 5.51. The van der Waals surface area contributed by atoms with Gasteiger partial charge >= 0.3 is 0 Å². The third-order valence-corrected chi connectivity index (χ3v) is 8.62. The zero-order valence-electron chi connectivity index (χ0n) is 19.5. The monoisotopic (exact) mass is 541 g/mol. The van der Waals surface area contributed by atoms with E-state index in [-0.39, 0.29) is 35.8 Å². The van der Waals surface area contributed by atoms with Crippen molar-refractivity contribution in [2.45, 2.75) is 17.9 Å². The summed E-state index contributed by atoms with van der Waals surface area (Å²) in [5.74, 6) is -0.0993. The Morgan fingerprint density at radius 3 is 2.22 bits per heavy atom. The third kappa shape index (κ3) is 5.11. The zero-order chi connectivity index (χ0) is 24.6. The van der Waals surface area contributed by atoms with E-state index in [9.17, 15) is 13.2 Å². The van der Waals surface area contributed by atoms with E-state index in [0.717, 1.165) is 21.9 Å². The molecule has 1 atom stereocenters. The molecule has 9 heteroatoms. The molecule has 0 radical (unpaired) electrons. The van der Waals surface area contributed by atoms with Gasteiger partial charge in [-0.3, -0.25) is 9.78 Å². The molecule has 1 aliphatic rings. The Kier molecular flexibility index (Phi) is 7.66. The van der Waals surface area contributed by atoms with Crippen LogP contribution in [0, 0.1) is 0 Å². The number of benzene rings is 3. The fourth-order valence-electron chi connectivity index (χ4n) is 4.51. The number of hydrogen-bond acceptors (Lipinski definition) is 4. The molecule has 1 saturated heterocycles. The van der Waals surface area contributed by atoms with Gasteiger partial charge in [0.25, 0.3) is 5.91 Å². The number of pyridine rings is 1. The molecular formula is C27H25Cl2N3O3S. The van der Waals surface area contributed by atoms with E-state index in [1.54, 1.807) is 41.6 Å². The number of hydrogen-bond donors (Lipinski definition) is 0. The Morgan fingerprint density at radius 2 is 1.53 bits per heavy atom. The van der Waals surface area contributed by atoms with Crippen molar-refractivity contribution in [1.82, 2.24) is 14.2 Å². The second-order valence-electron chi connectivity index (χ2n) is 8.68. The molecule has 1 unspecified atom stereocenters. The molecule has 0 saturated carbocycles. The van der Waals surface area contributed by atoms with Crippen LogP contribution in [-0.2, 0) is 10.0 Å². The van der Waals surface area contributed by atoms with Crippen LogP contribution >= 0.6 is 24.0 Å². The molecule has 4 aromatic rings. The summed E-state index contributed by atoms with van der Waals surface area (Å²) in [5.41, 5.74) is 2.62. The summed E-state index contributed by atoms with van der Waals surface area (Å²) < 4.78 is 28.3. The number of carbonyl (C=O) groups is 1. The number of aromatic nitrogens is 1. The van der Waals surface area contributed by atoms with Gasteiger partial charge in [0.15, 0.2) is 0 Å². The van der Waals surface area contributed by atoms with Crippen molar-refractivity contribution in [2.24, 2.45) is 0 Å². The van der Waals surface area contributed by atoms with Crippen LogP contribution in [0.25, 0.3) is 21.9 Å². The van der Waals surface area contributed by atoms with E-state index >= 15 is 0 Å². The van der Waals surface area contributed by atoms with Gasteiger partial charge in [-0.2, -0.15) is 4.31 Å². The maximum absolute atomic E-state index is 13.4. The molecule has 1 aliphatic heterocycles. The Hall–Kier alpha value is -2.97. The first-order chi connectivity index (χ1) is 16.8. The number of amides is 1. The molecular weight excluding hydrogens is 517 g/mol. The van der Waals surface area contributed by atoms with E-state index in [0.29, 0.717) is 23.7 Å². The van der Waals surface area contributed by atoms with Crippen molar-refractivity contribution < 1.29 is 13.2 Å². The molecule has 5 rings (SSSR count). The van der Waals surface area contributed by atoms with Gasteiger partial charge in [-0.25, -0.2) is 8.42 Å². The summed E-state index contributed by atoms with van der Waals surface area (Å²) >= 11 is 6.05. The maximum Gasteiger partial charge on any atom is 0.253 e. The minimum atomic E-state index is -3.71. The molecule has 36 heavy (non-hydrogen) atoms. The minimum Gasteiger partial charge on any atom is -0.336 e. The van der Waals surface area contributed by atoms with Gasteiger partial charge in [0.1, 0.15) is 0 Å². The topological polar surface area (TPSA) is 70.6 Å². The molecule has 0 N–H and O–H groups in total. The number of rotatable bonds is 4. The van der Waals surface area contributed by atoms with E-state index in [4.69, 9.17) is 11.6 Å². The van der Waals surface area contributed by atoms with Gasteiger partial charge in [-0.15, -0.1) is 12.4 Å². The van der Waals surface area contributed by atoms with Gasteiger partial charge in [-0.05, 0) is 77.4 Å². The summed E-state index contributed by atoms with van der Waals surface area (Å²) in [6.07, 6.45) is 3.47. The van der Waals surface area contributed by atoms with Crippen LogP contribution in [-0.4, -0.2) is 54.2 Å². The molecule has 3 aromatic carbocycles. The highest BCUT2D eigenvalue weighted by molar-refractivity contribution is 7.89. The first-order valence-electron chi connectivity index (χ1n) is 11.3. The Labute approximate surface area is 222 Å². The fourth-order valence-corrected chi connectivity index (χ4v) is 6.33. The first kappa shape index (κ1) is 26.1. The average Bonchev–Trinajstić information content (AvgIpc) is 2.88. The number of fused-ring (bicyclic) bond motifs is 1. The molecule has 0 aliphatic carbocycles. The van der Waals surface area contributed by atoms with Crippen LogP contribution in [0.1, 0.15) is 17.3 Å². The van der Waals surface area contributed by atoms with Crippen molar-refractivity contribution in [2.75, 3.05) is 19.6 Å². The quantitative estimate of drug-likeness (QED) is 0.341. The number of carbonyl (C=O) groups excluding carboxylic acids is 1. The average molecular weight is 542 g/mol. The molecule has 0 bridgehead atoms. The molecule has 1 fully saturated rings. The SMILES string of the molecule is CC1CN(C(=O)c2ccc(-c3ccncc3)cc2)CCN1S(=O)(=O)c1ccc2cc(Cl)ccc2c1.Cl. The van der Waals surface area contributed by atoms with Crippen molar-refractivity contribution in [1.29, 1.82) is 0 Å². The Bertz CT molecular complexity index is 1500. The second kappa shape index (κ2) is 10.6. The van der Waals surface area contributed by atoms with E-state index in [1.165, 1.54) is 4.31 Å². The lowest BCUT2D eigenvalue weighted by Crippen LogP contribution is -2.55. The fraction of sp³-hybridized carbons (Fsp3) is 0.185. The van der Waals surface area contributed by atoms with Crippen molar-refractivity contribution in [3.63, 3.8) is 0 Å². The van der Waals surface area contributed by atoms with Crippen LogP contribution in [0.4, 0.5) is 0 Å². The second-order valence-corrected chi connectivity index (χ2v) is 11.0. The van der Waals surface area contributed by atoms with E-state index in [1.807, 2.05) is 55.5 Å². The lowest BCUT2D eigenvalue weighted by Gasteiger charge is -2.39. The molecule has 186 valence electrons. The Balaban J connectivity index is 0.00000304. The lowest BCUT2D eigenvalue weighted by atomic mass is 10.0. The first-order valence-corrected chi connectivity index (χ1v) is 13.2. The normalized spacial score (nSPS) is 16.5. The van der Waals surface area contributed by atoms with Gasteiger partial charge in [0, 0.05) is 48.7 Å². The summed E-state index contributed by atoms with van der Waals surface area (Å²) in [6.45, 7) is 2.73. The number of piperazine rings is 1. The molecule has 2 heterocycles. The highest BCUT2D eigenvalue weighted by Crippen LogP contribution is 2.27. The van der Waals surface area contributed by atoms with Crippen LogP contribution in [0.3, 0.4) is 0 Å². The summed E-state index contributed by atoms with van der Waals surface area (Å²) in [4.78, 5) is 19.1.